The highest BCUT2D eigenvalue weighted by Crippen LogP contribution is 2.29. The van der Waals surface area contributed by atoms with Crippen LogP contribution in [-0.4, -0.2) is 50.5 Å². The lowest BCUT2D eigenvalue weighted by molar-refractivity contribution is 0.262. The number of aliphatic imine (C=N–C) groups is 1. The summed E-state index contributed by atoms with van der Waals surface area (Å²) in [6, 6.07) is 0. The minimum absolute atomic E-state index is 0. The first-order chi connectivity index (χ1) is 7.52. The van der Waals surface area contributed by atoms with Crippen molar-refractivity contribution in [2.45, 2.75) is 32.6 Å². The molecule has 1 aliphatic carbocycles. The summed E-state index contributed by atoms with van der Waals surface area (Å²) in [5, 5.41) is 0. The zero-order chi connectivity index (χ0) is 12.1. The van der Waals surface area contributed by atoms with Crippen molar-refractivity contribution in [2.75, 3.05) is 34.7 Å². The highest BCUT2D eigenvalue weighted by molar-refractivity contribution is 14.0. The van der Waals surface area contributed by atoms with Crippen LogP contribution in [0.15, 0.2) is 4.99 Å². The fraction of sp³-hybridized carbons (Fsp3) is 0.923. The van der Waals surface area contributed by atoms with Gasteiger partial charge in [0, 0.05) is 34.7 Å². The van der Waals surface area contributed by atoms with Gasteiger partial charge in [0.05, 0.1) is 0 Å². The van der Waals surface area contributed by atoms with Gasteiger partial charge in [0.1, 0.15) is 0 Å². The zero-order valence-corrected chi connectivity index (χ0v) is 14.3. The first-order valence-electron chi connectivity index (χ1n) is 6.41. The summed E-state index contributed by atoms with van der Waals surface area (Å²) >= 11 is 0. The summed E-state index contributed by atoms with van der Waals surface area (Å²) in [5.41, 5.74) is 0. The molecule has 0 heterocycles. The largest absolute Gasteiger partial charge is 0.349 e. The molecule has 0 N–H and O–H groups in total. The van der Waals surface area contributed by atoms with E-state index in [9.17, 15) is 0 Å². The Labute approximate surface area is 124 Å². The Morgan fingerprint density at radius 1 is 1.06 bits per heavy atom. The van der Waals surface area contributed by atoms with Gasteiger partial charge >= 0.3 is 0 Å². The van der Waals surface area contributed by atoms with Crippen molar-refractivity contribution < 1.29 is 0 Å². The molecule has 1 aliphatic rings. The highest BCUT2D eigenvalue weighted by atomic mass is 127. The quantitative estimate of drug-likeness (QED) is 0.432. The van der Waals surface area contributed by atoms with E-state index in [-0.39, 0.29) is 24.0 Å². The first kappa shape index (κ1) is 17.0. The maximum Gasteiger partial charge on any atom is 0.195 e. The van der Waals surface area contributed by atoms with Crippen molar-refractivity contribution in [3.05, 3.63) is 0 Å². The predicted octanol–water partition coefficient (Wildman–Crippen LogP) is 2.91. The topological polar surface area (TPSA) is 18.8 Å². The van der Waals surface area contributed by atoms with E-state index in [1.54, 1.807) is 0 Å². The number of halogens is 1. The Morgan fingerprint density at radius 3 is 2.06 bits per heavy atom. The Hall–Kier alpha value is 0. The van der Waals surface area contributed by atoms with E-state index >= 15 is 0 Å². The maximum atomic E-state index is 4.77. The molecule has 0 aromatic heterocycles. The van der Waals surface area contributed by atoms with Crippen LogP contribution in [0.25, 0.3) is 0 Å². The zero-order valence-electron chi connectivity index (χ0n) is 11.9. The van der Waals surface area contributed by atoms with Crippen molar-refractivity contribution in [3.63, 3.8) is 0 Å². The smallest absolute Gasteiger partial charge is 0.195 e. The third kappa shape index (κ3) is 5.44. The third-order valence-electron chi connectivity index (χ3n) is 3.56. The second-order valence-electron chi connectivity index (χ2n) is 5.45. The number of rotatable bonds is 2. The molecule has 1 fully saturated rings. The second kappa shape index (κ2) is 8.16. The molecular formula is C13H28IN3. The van der Waals surface area contributed by atoms with E-state index in [4.69, 9.17) is 4.99 Å². The fourth-order valence-electron chi connectivity index (χ4n) is 2.55. The van der Waals surface area contributed by atoms with Crippen LogP contribution in [0.4, 0.5) is 0 Å². The molecule has 0 aliphatic heterocycles. The molecule has 2 unspecified atom stereocenters. The fourth-order valence-corrected chi connectivity index (χ4v) is 2.55. The molecule has 0 aromatic rings. The molecule has 3 nitrogen and oxygen atoms in total. The van der Waals surface area contributed by atoms with Crippen molar-refractivity contribution >= 4 is 29.9 Å². The minimum atomic E-state index is 0. The van der Waals surface area contributed by atoms with E-state index in [0.717, 1.165) is 24.3 Å². The van der Waals surface area contributed by atoms with Gasteiger partial charge in [-0.05, 0) is 18.3 Å². The monoisotopic (exact) mass is 353 g/mol. The van der Waals surface area contributed by atoms with E-state index in [2.05, 4.69) is 44.9 Å². The Morgan fingerprint density at radius 2 is 1.59 bits per heavy atom. The van der Waals surface area contributed by atoms with E-state index in [1.165, 1.54) is 25.7 Å². The van der Waals surface area contributed by atoms with Gasteiger partial charge in [-0.3, -0.25) is 4.99 Å². The van der Waals surface area contributed by atoms with Crippen LogP contribution in [-0.2, 0) is 0 Å². The molecule has 0 saturated heterocycles. The van der Waals surface area contributed by atoms with Crippen LogP contribution in [0.5, 0.6) is 0 Å². The molecule has 0 bridgehead atoms. The molecule has 102 valence electrons. The summed E-state index contributed by atoms with van der Waals surface area (Å²) < 4.78 is 0. The highest BCUT2D eigenvalue weighted by Gasteiger charge is 2.21. The average molecular weight is 353 g/mol. The van der Waals surface area contributed by atoms with Gasteiger partial charge in [-0.25, -0.2) is 0 Å². The number of hydrogen-bond acceptors (Lipinski definition) is 1. The Kier molecular flexibility index (Phi) is 8.16. The molecule has 1 saturated carbocycles. The van der Waals surface area contributed by atoms with Crippen LogP contribution >= 0.6 is 24.0 Å². The van der Waals surface area contributed by atoms with E-state index < -0.39 is 0 Å². The molecular weight excluding hydrogens is 325 g/mol. The summed E-state index contributed by atoms with van der Waals surface area (Å²) in [6.07, 6.45) is 5.55. The summed E-state index contributed by atoms with van der Waals surface area (Å²) in [5.74, 6) is 2.73. The van der Waals surface area contributed by atoms with Crippen molar-refractivity contribution in [1.29, 1.82) is 0 Å². The lowest BCUT2D eigenvalue weighted by atomic mass is 9.80. The van der Waals surface area contributed by atoms with Gasteiger partial charge in [-0.1, -0.05) is 26.2 Å². The first-order valence-corrected chi connectivity index (χ1v) is 6.41. The van der Waals surface area contributed by atoms with Gasteiger partial charge in [-0.2, -0.15) is 0 Å². The Balaban J connectivity index is 0.00000256. The standard InChI is InChI=1S/C13H27N3.HI/c1-11-8-6-7-9-12(11)10-14-13(15(2)3)16(4)5;/h11-12H,6-10H2,1-5H3;1H. The van der Waals surface area contributed by atoms with Gasteiger partial charge in [0.25, 0.3) is 0 Å². The van der Waals surface area contributed by atoms with Crippen LogP contribution in [0.1, 0.15) is 32.6 Å². The van der Waals surface area contributed by atoms with Gasteiger partial charge in [-0.15, -0.1) is 24.0 Å². The molecule has 0 amide bonds. The van der Waals surface area contributed by atoms with Crippen molar-refractivity contribution in [2.24, 2.45) is 16.8 Å². The van der Waals surface area contributed by atoms with Crippen LogP contribution in [0.2, 0.25) is 0 Å². The van der Waals surface area contributed by atoms with E-state index in [0.29, 0.717) is 0 Å². The molecule has 0 radical (unpaired) electrons. The van der Waals surface area contributed by atoms with Crippen LogP contribution in [0, 0.1) is 11.8 Å². The predicted molar refractivity (Wildman–Crippen MR) is 86.2 cm³/mol. The van der Waals surface area contributed by atoms with Gasteiger partial charge in [0.2, 0.25) is 0 Å². The van der Waals surface area contributed by atoms with E-state index in [1.807, 2.05) is 0 Å². The number of guanidine groups is 1. The lowest BCUT2D eigenvalue weighted by Crippen LogP contribution is -2.36. The minimum Gasteiger partial charge on any atom is -0.349 e. The number of nitrogens with zero attached hydrogens (tertiary/aromatic N) is 3. The second-order valence-corrected chi connectivity index (χ2v) is 5.45. The molecule has 0 aromatic carbocycles. The average Bonchev–Trinajstić information content (AvgIpc) is 2.20. The maximum absolute atomic E-state index is 4.77. The SMILES string of the molecule is CC1CCCCC1CN=C(N(C)C)N(C)C.I. The van der Waals surface area contributed by atoms with Gasteiger partial charge in [0.15, 0.2) is 5.96 Å². The number of hydrogen-bond donors (Lipinski definition) is 0. The third-order valence-corrected chi connectivity index (χ3v) is 3.56. The summed E-state index contributed by atoms with van der Waals surface area (Å²) in [4.78, 5) is 8.95. The lowest BCUT2D eigenvalue weighted by Gasteiger charge is -2.29. The van der Waals surface area contributed by atoms with Crippen LogP contribution in [0.3, 0.4) is 0 Å². The molecule has 17 heavy (non-hydrogen) atoms. The summed E-state index contributed by atoms with van der Waals surface area (Å²) in [7, 11) is 8.23. The Bertz CT molecular complexity index is 229. The van der Waals surface area contributed by atoms with Crippen molar-refractivity contribution in [1.82, 2.24) is 9.80 Å². The molecule has 0 spiro atoms. The summed E-state index contributed by atoms with van der Waals surface area (Å²) in [6.45, 7) is 3.37. The van der Waals surface area contributed by atoms with Crippen molar-refractivity contribution in [3.8, 4) is 0 Å². The molecule has 4 heteroatoms. The van der Waals surface area contributed by atoms with Crippen LogP contribution < -0.4 is 0 Å². The molecule has 2 atom stereocenters. The normalized spacial score (nSPS) is 23.6. The molecule has 1 rings (SSSR count). The van der Waals surface area contributed by atoms with Gasteiger partial charge < -0.3 is 9.80 Å².